The van der Waals surface area contributed by atoms with E-state index >= 15 is 0 Å². The van der Waals surface area contributed by atoms with Gasteiger partial charge >= 0.3 is 0 Å². The fraction of sp³-hybridized carbons (Fsp3) is 0.312. The maximum absolute atomic E-state index is 11.8. The molecule has 0 aliphatic heterocycles. The van der Waals surface area contributed by atoms with E-state index in [2.05, 4.69) is 16.0 Å². The standard InChI is InChI=1S/C16H20N4O2S/c1-11-4-6-14(7-5-11)23-10-16(22)18-17-15(21)9-20-13(3)8-12(2)19-20/h4-8H,9-10H2,1-3H3,(H,17,21)(H,18,22). The molecule has 2 N–H and O–H groups in total. The molecule has 0 saturated heterocycles. The van der Waals surface area contributed by atoms with Crippen molar-refractivity contribution in [3.05, 3.63) is 47.3 Å². The third kappa shape index (κ3) is 5.45. The summed E-state index contributed by atoms with van der Waals surface area (Å²) in [4.78, 5) is 24.6. The number of hydrogen-bond acceptors (Lipinski definition) is 4. The summed E-state index contributed by atoms with van der Waals surface area (Å²) in [5.41, 5.74) is 7.74. The summed E-state index contributed by atoms with van der Waals surface area (Å²) in [5.74, 6) is -0.328. The van der Waals surface area contributed by atoms with E-state index in [1.807, 2.05) is 51.1 Å². The van der Waals surface area contributed by atoms with Gasteiger partial charge in [-0.15, -0.1) is 11.8 Å². The van der Waals surface area contributed by atoms with Crippen LogP contribution in [0, 0.1) is 20.8 Å². The smallest absolute Gasteiger partial charge is 0.260 e. The van der Waals surface area contributed by atoms with E-state index < -0.39 is 0 Å². The highest BCUT2D eigenvalue weighted by molar-refractivity contribution is 8.00. The minimum absolute atomic E-state index is 0.0745. The molecule has 0 aliphatic carbocycles. The Morgan fingerprint density at radius 3 is 2.35 bits per heavy atom. The number of amides is 2. The normalized spacial score (nSPS) is 10.4. The van der Waals surface area contributed by atoms with Crippen LogP contribution in [-0.2, 0) is 16.1 Å². The van der Waals surface area contributed by atoms with Crippen LogP contribution >= 0.6 is 11.8 Å². The number of aryl methyl sites for hydroxylation is 3. The first-order chi connectivity index (χ1) is 10.9. The van der Waals surface area contributed by atoms with Crippen molar-refractivity contribution in [2.75, 3.05) is 5.75 Å². The lowest BCUT2D eigenvalue weighted by atomic mass is 10.2. The first-order valence-electron chi connectivity index (χ1n) is 7.22. The number of carbonyl (C=O) groups is 2. The lowest BCUT2D eigenvalue weighted by molar-refractivity contribution is -0.128. The topological polar surface area (TPSA) is 76.0 Å². The monoisotopic (exact) mass is 332 g/mol. The summed E-state index contributed by atoms with van der Waals surface area (Å²) < 4.78 is 1.60. The number of hydrazine groups is 1. The molecule has 0 spiro atoms. The number of thioether (sulfide) groups is 1. The van der Waals surface area contributed by atoms with Crippen molar-refractivity contribution in [1.82, 2.24) is 20.6 Å². The first-order valence-corrected chi connectivity index (χ1v) is 8.21. The lowest BCUT2D eigenvalue weighted by Crippen LogP contribution is -2.44. The average molecular weight is 332 g/mol. The van der Waals surface area contributed by atoms with Gasteiger partial charge in [0.15, 0.2) is 0 Å². The number of rotatable bonds is 5. The molecular formula is C16H20N4O2S. The quantitative estimate of drug-likeness (QED) is 0.646. The Morgan fingerprint density at radius 2 is 1.74 bits per heavy atom. The van der Waals surface area contributed by atoms with E-state index in [0.29, 0.717) is 0 Å². The second kappa shape index (κ2) is 7.82. The molecule has 0 bridgehead atoms. The highest BCUT2D eigenvalue weighted by Gasteiger charge is 2.08. The van der Waals surface area contributed by atoms with Crippen LogP contribution in [0.15, 0.2) is 35.2 Å². The second-order valence-electron chi connectivity index (χ2n) is 5.28. The average Bonchev–Trinajstić information content (AvgIpc) is 2.82. The molecule has 0 atom stereocenters. The fourth-order valence-corrected chi connectivity index (χ4v) is 2.67. The fourth-order valence-electron chi connectivity index (χ4n) is 1.97. The SMILES string of the molecule is Cc1ccc(SCC(=O)NNC(=O)Cn2nc(C)cc2C)cc1. The summed E-state index contributed by atoms with van der Waals surface area (Å²) in [7, 11) is 0. The van der Waals surface area contributed by atoms with Crippen LogP contribution in [0.5, 0.6) is 0 Å². The van der Waals surface area contributed by atoms with Crippen LogP contribution < -0.4 is 10.9 Å². The molecule has 0 fully saturated rings. The van der Waals surface area contributed by atoms with Crippen molar-refractivity contribution in [2.45, 2.75) is 32.2 Å². The minimum atomic E-state index is -0.315. The van der Waals surface area contributed by atoms with Gasteiger partial charge in [0, 0.05) is 10.6 Å². The van der Waals surface area contributed by atoms with Gasteiger partial charge in [0.2, 0.25) is 5.91 Å². The second-order valence-corrected chi connectivity index (χ2v) is 6.33. The zero-order chi connectivity index (χ0) is 16.8. The van der Waals surface area contributed by atoms with E-state index in [9.17, 15) is 9.59 Å². The molecule has 23 heavy (non-hydrogen) atoms. The molecule has 0 unspecified atom stereocenters. The number of carbonyl (C=O) groups excluding carboxylic acids is 2. The largest absolute Gasteiger partial charge is 0.272 e. The molecule has 2 rings (SSSR count). The summed E-state index contributed by atoms with van der Waals surface area (Å²) in [6.07, 6.45) is 0. The predicted molar refractivity (Wildman–Crippen MR) is 89.9 cm³/mol. The van der Waals surface area contributed by atoms with Gasteiger partial charge in [0.05, 0.1) is 11.4 Å². The number of hydrogen-bond donors (Lipinski definition) is 2. The molecule has 6 nitrogen and oxygen atoms in total. The number of benzene rings is 1. The van der Waals surface area contributed by atoms with Gasteiger partial charge in [-0.05, 0) is 39.0 Å². The van der Waals surface area contributed by atoms with Gasteiger partial charge in [-0.2, -0.15) is 5.10 Å². The maximum atomic E-state index is 11.8. The van der Waals surface area contributed by atoms with Gasteiger partial charge in [0.25, 0.3) is 5.91 Å². The lowest BCUT2D eigenvalue weighted by Gasteiger charge is -2.08. The van der Waals surface area contributed by atoms with Gasteiger partial charge in [-0.3, -0.25) is 25.1 Å². The van der Waals surface area contributed by atoms with Crippen molar-refractivity contribution in [1.29, 1.82) is 0 Å². The van der Waals surface area contributed by atoms with Gasteiger partial charge < -0.3 is 0 Å². The molecular weight excluding hydrogens is 312 g/mol. The Hall–Kier alpha value is -2.28. The highest BCUT2D eigenvalue weighted by atomic mass is 32.2. The summed E-state index contributed by atoms with van der Waals surface area (Å²) in [6, 6.07) is 9.82. The van der Waals surface area contributed by atoms with Crippen LogP contribution in [0.2, 0.25) is 0 Å². The molecule has 2 amide bonds. The highest BCUT2D eigenvalue weighted by Crippen LogP contribution is 2.17. The number of aromatic nitrogens is 2. The van der Waals surface area contributed by atoms with Crippen LogP contribution in [-0.4, -0.2) is 27.3 Å². The molecule has 7 heteroatoms. The number of nitrogens with one attached hydrogen (secondary N) is 2. The van der Waals surface area contributed by atoms with E-state index in [1.54, 1.807) is 4.68 Å². The van der Waals surface area contributed by atoms with Crippen LogP contribution in [0.25, 0.3) is 0 Å². The third-order valence-electron chi connectivity index (χ3n) is 3.13. The van der Waals surface area contributed by atoms with Crippen molar-refractivity contribution >= 4 is 23.6 Å². The van der Waals surface area contributed by atoms with E-state index in [1.165, 1.54) is 17.3 Å². The van der Waals surface area contributed by atoms with Gasteiger partial charge in [0.1, 0.15) is 6.54 Å². The van der Waals surface area contributed by atoms with Crippen LogP contribution in [0.1, 0.15) is 17.0 Å². The van der Waals surface area contributed by atoms with Crippen molar-refractivity contribution in [3.8, 4) is 0 Å². The molecule has 2 aromatic rings. The van der Waals surface area contributed by atoms with Crippen molar-refractivity contribution in [2.24, 2.45) is 0 Å². The Bertz CT molecular complexity index is 695. The summed E-state index contributed by atoms with van der Waals surface area (Å²) in [5, 5.41) is 4.20. The van der Waals surface area contributed by atoms with Gasteiger partial charge in [-0.1, -0.05) is 17.7 Å². The molecule has 0 radical (unpaired) electrons. The summed E-state index contributed by atoms with van der Waals surface area (Å²) in [6.45, 7) is 5.83. The van der Waals surface area contributed by atoms with Crippen LogP contribution in [0.4, 0.5) is 0 Å². The minimum Gasteiger partial charge on any atom is -0.272 e. The van der Waals surface area contributed by atoms with E-state index in [-0.39, 0.29) is 24.1 Å². The predicted octanol–water partition coefficient (Wildman–Crippen LogP) is 1.75. The molecule has 0 saturated carbocycles. The molecule has 1 aromatic heterocycles. The van der Waals surface area contributed by atoms with Crippen molar-refractivity contribution < 1.29 is 9.59 Å². The van der Waals surface area contributed by atoms with Gasteiger partial charge in [-0.25, -0.2) is 0 Å². The third-order valence-corrected chi connectivity index (χ3v) is 4.14. The van der Waals surface area contributed by atoms with E-state index in [0.717, 1.165) is 16.3 Å². The molecule has 122 valence electrons. The Balaban J connectivity index is 1.72. The van der Waals surface area contributed by atoms with E-state index in [4.69, 9.17) is 0 Å². The Kier molecular flexibility index (Phi) is 5.81. The molecule has 0 aliphatic rings. The number of nitrogens with zero attached hydrogens (tertiary/aromatic N) is 2. The maximum Gasteiger partial charge on any atom is 0.260 e. The van der Waals surface area contributed by atoms with Crippen LogP contribution in [0.3, 0.4) is 0 Å². The zero-order valence-corrected chi connectivity index (χ0v) is 14.2. The molecule has 1 heterocycles. The summed E-state index contributed by atoms with van der Waals surface area (Å²) >= 11 is 1.42. The first kappa shape index (κ1) is 17.1. The Labute approximate surface area is 139 Å². The van der Waals surface area contributed by atoms with Crippen molar-refractivity contribution in [3.63, 3.8) is 0 Å². The molecule has 1 aromatic carbocycles. The Morgan fingerprint density at radius 1 is 1.09 bits per heavy atom. The zero-order valence-electron chi connectivity index (χ0n) is 13.4.